The Hall–Kier alpha value is -1.64. The Morgan fingerprint density at radius 3 is 2.00 bits per heavy atom. The second-order valence-corrected chi connectivity index (χ2v) is 4.38. The van der Waals surface area contributed by atoms with Crippen LogP contribution in [-0.4, -0.2) is 21.3 Å². The number of allylic oxidation sites excluding steroid dienone is 2. The first-order valence-electron chi connectivity index (χ1n) is 6.29. The largest absolute Gasteiger partial charge is 0.496 e. The van der Waals surface area contributed by atoms with Crippen LogP contribution in [0.15, 0.2) is 18.2 Å². The minimum atomic E-state index is 0.754. The summed E-state index contributed by atoms with van der Waals surface area (Å²) in [5, 5.41) is 0. The van der Waals surface area contributed by atoms with Crippen LogP contribution in [0.2, 0.25) is 0 Å². The Morgan fingerprint density at radius 2 is 1.56 bits per heavy atom. The van der Waals surface area contributed by atoms with Crippen LogP contribution < -0.4 is 14.2 Å². The molecule has 0 saturated heterocycles. The predicted octanol–water partition coefficient (Wildman–Crippen LogP) is 3.67. The van der Waals surface area contributed by atoms with E-state index in [1.165, 1.54) is 18.4 Å². The maximum Gasteiger partial charge on any atom is 0.133 e. The van der Waals surface area contributed by atoms with E-state index in [2.05, 4.69) is 6.08 Å². The Labute approximate surface area is 108 Å². The fourth-order valence-electron chi connectivity index (χ4n) is 2.39. The van der Waals surface area contributed by atoms with Crippen LogP contribution in [0, 0.1) is 0 Å². The molecule has 1 aromatic rings. The van der Waals surface area contributed by atoms with E-state index >= 15 is 0 Å². The molecular formula is C15H20O3. The molecule has 0 fully saturated rings. The number of benzene rings is 1. The lowest BCUT2D eigenvalue weighted by molar-refractivity contribution is 0.373. The van der Waals surface area contributed by atoms with Crippen molar-refractivity contribution < 1.29 is 14.2 Å². The number of ether oxygens (including phenoxy) is 3. The average Bonchev–Trinajstić information content (AvgIpc) is 2.46. The van der Waals surface area contributed by atoms with Gasteiger partial charge in [-0.25, -0.2) is 0 Å². The molecule has 0 spiro atoms. The van der Waals surface area contributed by atoms with Gasteiger partial charge in [0.15, 0.2) is 0 Å². The van der Waals surface area contributed by atoms with E-state index < -0.39 is 0 Å². The van der Waals surface area contributed by atoms with Gasteiger partial charge in [0.2, 0.25) is 0 Å². The van der Waals surface area contributed by atoms with Gasteiger partial charge in [-0.15, -0.1) is 0 Å². The highest BCUT2D eigenvalue weighted by Crippen LogP contribution is 2.41. The lowest BCUT2D eigenvalue weighted by atomic mass is 9.92. The minimum absolute atomic E-state index is 0.754. The van der Waals surface area contributed by atoms with Gasteiger partial charge in [-0.1, -0.05) is 6.08 Å². The van der Waals surface area contributed by atoms with E-state index in [9.17, 15) is 0 Å². The summed E-state index contributed by atoms with van der Waals surface area (Å²) >= 11 is 0. The molecule has 1 aromatic carbocycles. The molecule has 0 bridgehead atoms. The highest BCUT2D eigenvalue weighted by Gasteiger charge is 2.18. The third-order valence-corrected chi connectivity index (χ3v) is 3.33. The van der Waals surface area contributed by atoms with Crippen molar-refractivity contribution in [2.24, 2.45) is 0 Å². The normalized spacial score (nSPS) is 14.9. The van der Waals surface area contributed by atoms with E-state index in [-0.39, 0.29) is 0 Å². The van der Waals surface area contributed by atoms with Crippen molar-refractivity contribution in [3.63, 3.8) is 0 Å². The molecular weight excluding hydrogens is 228 g/mol. The first-order chi connectivity index (χ1) is 8.80. The third-order valence-electron chi connectivity index (χ3n) is 3.33. The molecule has 1 aliphatic carbocycles. The molecule has 0 aromatic heterocycles. The van der Waals surface area contributed by atoms with Crippen molar-refractivity contribution >= 4 is 5.57 Å². The van der Waals surface area contributed by atoms with Gasteiger partial charge in [0, 0.05) is 12.1 Å². The monoisotopic (exact) mass is 248 g/mol. The van der Waals surface area contributed by atoms with Crippen LogP contribution in [0.3, 0.4) is 0 Å². The van der Waals surface area contributed by atoms with Gasteiger partial charge in [0.1, 0.15) is 17.2 Å². The molecule has 0 radical (unpaired) electrons. The van der Waals surface area contributed by atoms with E-state index in [1.54, 1.807) is 21.3 Å². The summed E-state index contributed by atoms with van der Waals surface area (Å²) in [4.78, 5) is 0. The first-order valence-corrected chi connectivity index (χ1v) is 6.29. The molecule has 3 nitrogen and oxygen atoms in total. The van der Waals surface area contributed by atoms with E-state index in [0.29, 0.717) is 0 Å². The molecule has 3 heteroatoms. The number of hydrogen-bond donors (Lipinski definition) is 0. The number of methoxy groups -OCH3 is 3. The second-order valence-electron chi connectivity index (χ2n) is 4.38. The molecule has 0 aliphatic heterocycles. The van der Waals surface area contributed by atoms with Gasteiger partial charge in [-0.05, 0) is 31.3 Å². The van der Waals surface area contributed by atoms with Crippen molar-refractivity contribution in [1.29, 1.82) is 0 Å². The third kappa shape index (κ3) is 2.45. The molecule has 0 heterocycles. The molecule has 0 N–H and O–H groups in total. The molecule has 0 atom stereocenters. The van der Waals surface area contributed by atoms with Crippen LogP contribution in [0.1, 0.15) is 31.2 Å². The van der Waals surface area contributed by atoms with E-state index in [4.69, 9.17) is 14.2 Å². The van der Waals surface area contributed by atoms with Crippen LogP contribution in [0.4, 0.5) is 0 Å². The van der Waals surface area contributed by atoms with Gasteiger partial charge >= 0.3 is 0 Å². The van der Waals surface area contributed by atoms with Crippen molar-refractivity contribution in [1.82, 2.24) is 0 Å². The predicted molar refractivity (Wildman–Crippen MR) is 72.5 cm³/mol. The molecule has 0 saturated carbocycles. The topological polar surface area (TPSA) is 27.7 Å². The summed E-state index contributed by atoms with van der Waals surface area (Å²) in [5.41, 5.74) is 2.39. The fraction of sp³-hybridized carbons (Fsp3) is 0.467. The van der Waals surface area contributed by atoms with Gasteiger partial charge in [0.05, 0.1) is 26.9 Å². The molecule has 0 amide bonds. The first kappa shape index (κ1) is 12.8. The molecule has 1 aliphatic rings. The maximum absolute atomic E-state index is 5.48. The zero-order valence-electron chi connectivity index (χ0n) is 11.3. The van der Waals surface area contributed by atoms with Crippen LogP contribution in [0.5, 0.6) is 17.2 Å². The Balaban J connectivity index is 2.52. The van der Waals surface area contributed by atoms with Crippen molar-refractivity contribution in [2.75, 3.05) is 21.3 Å². The fourth-order valence-corrected chi connectivity index (χ4v) is 2.39. The van der Waals surface area contributed by atoms with Crippen LogP contribution in [0.25, 0.3) is 5.57 Å². The zero-order valence-corrected chi connectivity index (χ0v) is 11.3. The summed E-state index contributed by atoms with van der Waals surface area (Å²) < 4.78 is 16.2. The van der Waals surface area contributed by atoms with E-state index in [1.807, 2.05) is 12.1 Å². The SMILES string of the molecule is COc1cc(OC)c(C2=CCCCC2)c(OC)c1. The molecule has 18 heavy (non-hydrogen) atoms. The second kappa shape index (κ2) is 5.80. The van der Waals surface area contributed by atoms with Crippen LogP contribution in [-0.2, 0) is 0 Å². The molecule has 0 unspecified atom stereocenters. The Bertz CT molecular complexity index is 424. The lowest BCUT2D eigenvalue weighted by Crippen LogP contribution is -2.00. The summed E-state index contributed by atoms with van der Waals surface area (Å²) in [5.74, 6) is 2.39. The maximum atomic E-state index is 5.48. The standard InChI is InChI=1S/C15H20O3/c1-16-12-9-13(17-2)15(14(10-12)18-3)11-7-5-4-6-8-11/h7,9-10H,4-6,8H2,1-3H3. The quantitative estimate of drug-likeness (QED) is 0.813. The number of hydrogen-bond acceptors (Lipinski definition) is 3. The minimum Gasteiger partial charge on any atom is -0.496 e. The highest BCUT2D eigenvalue weighted by molar-refractivity contribution is 5.77. The molecule has 98 valence electrons. The summed E-state index contributed by atoms with van der Waals surface area (Å²) in [7, 11) is 5.01. The number of rotatable bonds is 4. The molecule has 2 rings (SSSR count). The highest BCUT2D eigenvalue weighted by atomic mass is 16.5. The zero-order chi connectivity index (χ0) is 13.0. The van der Waals surface area contributed by atoms with Crippen molar-refractivity contribution in [3.05, 3.63) is 23.8 Å². The Kier molecular flexibility index (Phi) is 4.13. The summed E-state index contributed by atoms with van der Waals surface area (Å²) in [6.07, 6.45) is 7.00. The van der Waals surface area contributed by atoms with Gasteiger partial charge < -0.3 is 14.2 Å². The van der Waals surface area contributed by atoms with Gasteiger partial charge in [0.25, 0.3) is 0 Å². The van der Waals surface area contributed by atoms with Crippen molar-refractivity contribution in [2.45, 2.75) is 25.7 Å². The summed E-state index contributed by atoms with van der Waals surface area (Å²) in [6.45, 7) is 0. The lowest BCUT2D eigenvalue weighted by Gasteiger charge is -2.19. The average molecular weight is 248 g/mol. The van der Waals surface area contributed by atoms with Crippen molar-refractivity contribution in [3.8, 4) is 17.2 Å². The summed E-state index contributed by atoms with van der Waals surface area (Å²) in [6, 6.07) is 3.82. The Morgan fingerprint density at radius 1 is 0.889 bits per heavy atom. The van der Waals surface area contributed by atoms with E-state index in [0.717, 1.165) is 35.7 Å². The smallest absolute Gasteiger partial charge is 0.133 e. The van der Waals surface area contributed by atoms with Crippen LogP contribution >= 0.6 is 0 Å². The van der Waals surface area contributed by atoms with Gasteiger partial charge in [-0.2, -0.15) is 0 Å². The van der Waals surface area contributed by atoms with Gasteiger partial charge in [-0.3, -0.25) is 0 Å².